The fourth-order valence-electron chi connectivity index (χ4n) is 2.20. The summed E-state index contributed by atoms with van der Waals surface area (Å²) in [6, 6.07) is 9.84. The smallest absolute Gasteiger partial charge is 0.255 e. The van der Waals surface area contributed by atoms with Gasteiger partial charge in [0.1, 0.15) is 10.8 Å². The molecule has 2 aromatic rings. The Morgan fingerprint density at radius 2 is 2.30 bits per heavy atom. The van der Waals surface area contributed by atoms with Gasteiger partial charge in [-0.25, -0.2) is 0 Å². The second-order valence-corrected chi connectivity index (χ2v) is 6.89. The summed E-state index contributed by atoms with van der Waals surface area (Å²) in [5.74, 6) is 0.833. The maximum atomic E-state index is 11.8. The van der Waals surface area contributed by atoms with Gasteiger partial charge in [0, 0.05) is 6.54 Å². The molecule has 0 fully saturated rings. The van der Waals surface area contributed by atoms with Gasteiger partial charge >= 0.3 is 0 Å². The van der Waals surface area contributed by atoms with Crippen molar-refractivity contribution < 1.29 is 9.53 Å². The number of ether oxygens (including phenoxy) is 1. The molecule has 20 heavy (non-hydrogen) atoms. The van der Waals surface area contributed by atoms with Crippen LogP contribution in [0.15, 0.2) is 34.1 Å². The summed E-state index contributed by atoms with van der Waals surface area (Å²) in [4.78, 5) is 14.0. The molecule has 0 saturated heterocycles. The number of hydrogen-bond donors (Lipinski definition) is 1. The summed E-state index contributed by atoms with van der Waals surface area (Å²) in [6.45, 7) is 1.26. The molecule has 1 amide bonds. The fourth-order valence-corrected chi connectivity index (χ4v) is 3.77. The third-order valence-corrected chi connectivity index (χ3v) is 4.85. The Balaban J connectivity index is 1.88. The van der Waals surface area contributed by atoms with E-state index in [0.29, 0.717) is 6.67 Å². The van der Waals surface area contributed by atoms with Crippen molar-refractivity contribution in [3.63, 3.8) is 0 Å². The highest BCUT2D eigenvalue weighted by molar-refractivity contribution is 9.11. The molecule has 0 atom stereocenters. The molecule has 1 aliphatic rings. The lowest BCUT2D eigenvalue weighted by molar-refractivity contribution is 0.0948. The number of nitrogens with one attached hydrogen (secondary N) is 1. The maximum absolute atomic E-state index is 11.8. The zero-order valence-corrected chi connectivity index (χ0v) is 13.3. The lowest BCUT2D eigenvalue weighted by Gasteiger charge is -2.28. The van der Waals surface area contributed by atoms with Crippen molar-refractivity contribution >= 4 is 38.2 Å². The Hall–Kier alpha value is -1.53. The molecule has 104 valence electrons. The monoisotopic (exact) mass is 352 g/mol. The Kier molecular flexibility index (Phi) is 3.67. The van der Waals surface area contributed by atoms with Crippen LogP contribution >= 0.6 is 27.3 Å². The average molecular weight is 353 g/mol. The number of fused-ring (bicyclic) bond motifs is 1. The van der Waals surface area contributed by atoms with Crippen LogP contribution in [0.25, 0.3) is 0 Å². The minimum Gasteiger partial charge on any atom is -0.497 e. The van der Waals surface area contributed by atoms with Crippen molar-refractivity contribution in [2.45, 2.75) is 6.54 Å². The number of carbonyl (C=O) groups excluding carboxylic acids is 1. The van der Waals surface area contributed by atoms with Gasteiger partial charge < -0.3 is 15.0 Å². The highest BCUT2D eigenvalue weighted by atomic mass is 79.9. The van der Waals surface area contributed by atoms with Gasteiger partial charge in [-0.1, -0.05) is 12.1 Å². The minimum atomic E-state index is -0.0103. The van der Waals surface area contributed by atoms with Gasteiger partial charge in [-0.2, -0.15) is 0 Å². The molecule has 0 unspecified atom stereocenters. The van der Waals surface area contributed by atoms with E-state index >= 15 is 0 Å². The third kappa shape index (κ3) is 2.53. The lowest BCUT2D eigenvalue weighted by Crippen LogP contribution is -2.42. The summed E-state index contributed by atoms with van der Waals surface area (Å²) >= 11 is 5.03. The molecule has 0 spiro atoms. The molecule has 6 heteroatoms. The number of nitrogens with zero attached hydrogens (tertiary/aromatic N) is 1. The Morgan fingerprint density at radius 1 is 1.45 bits per heavy atom. The van der Waals surface area contributed by atoms with E-state index in [-0.39, 0.29) is 5.91 Å². The molecule has 1 aromatic carbocycles. The van der Waals surface area contributed by atoms with Gasteiger partial charge in [0.05, 0.1) is 23.1 Å². The van der Waals surface area contributed by atoms with Gasteiger partial charge in [-0.15, -0.1) is 11.3 Å². The third-order valence-electron chi connectivity index (χ3n) is 3.15. The van der Waals surface area contributed by atoms with Crippen LogP contribution in [0.4, 0.5) is 5.00 Å². The van der Waals surface area contributed by atoms with Gasteiger partial charge in [0.2, 0.25) is 0 Å². The molecular formula is C14H13BrN2O2S. The number of methoxy groups -OCH3 is 1. The predicted octanol–water partition coefficient (Wildman–Crippen LogP) is 3.23. The second-order valence-electron chi connectivity index (χ2n) is 4.48. The van der Waals surface area contributed by atoms with Crippen LogP contribution < -0.4 is 15.0 Å². The summed E-state index contributed by atoms with van der Waals surface area (Å²) in [7, 11) is 1.66. The highest BCUT2D eigenvalue weighted by Crippen LogP contribution is 2.37. The van der Waals surface area contributed by atoms with Crippen LogP contribution in [-0.2, 0) is 6.54 Å². The first-order valence-corrected chi connectivity index (χ1v) is 7.74. The van der Waals surface area contributed by atoms with Gasteiger partial charge in [0.25, 0.3) is 5.91 Å². The van der Waals surface area contributed by atoms with Crippen molar-refractivity contribution in [2.75, 3.05) is 18.7 Å². The van der Waals surface area contributed by atoms with E-state index in [2.05, 4.69) is 32.2 Å². The number of carbonyl (C=O) groups is 1. The predicted molar refractivity (Wildman–Crippen MR) is 83.5 cm³/mol. The summed E-state index contributed by atoms with van der Waals surface area (Å²) in [6.07, 6.45) is 0. The Bertz CT molecular complexity index is 656. The average Bonchev–Trinajstić information content (AvgIpc) is 2.85. The number of amides is 1. The first kappa shape index (κ1) is 13.5. The summed E-state index contributed by atoms with van der Waals surface area (Å²) in [5, 5.41) is 3.90. The van der Waals surface area contributed by atoms with Crippen LogP contribution in [0.2, 0.25) is 0 Å². The number of thiophene rings is 1. The molecule has 1 aromatic heterocycles. The van der Waals surface area contributed by atoms with Crippen molar-refractivity contribution in [3.05, 3.63) is 45.2 Å². The Morgan fingerprint density at radius 3 is 3.10 bits per heavy atom. The van der Waals surface area contributed by atoms with E-state index < -0.39 is 0 Å². The quantitative estimate of drug-likeness (QED) is 0.921. The van der Waals surface area contributed by atoms with E-state index in [1.165, 1.54) is 0 Å². The number of hydrogen-bond acceptors (Lipinski definition) is 4. The molecular weight excluding hydrogens is 340 g/mol. The normalized spacial score (nSPS) is 13.9. The Labute approximate surface area is 129 Å². The van der Waals surface area contributed by atoms with Crippen LogP contribution in [0, 0.1) is 0 Å². The lowest BCUT2D eigenvalue weighted by atomic mass is 10.2. The van der Waals surface area contributed by atoms with Crippen molar-refractivity contribution in [1.82, 2.24) is 5.32 Å². The van der Waals surface area contributed by atoms with Crippen LogP contribution in [0.5, 0.6) is 5.75 Å². The van der Waals surface area contributed by atoms with Crippen LogP contribution in [-0.4, -0.2) is 19.7 Å². The molecule has 0 aliphatic carbocycles. The first-order valence-electron chi connectivity index (χ1n) is 6.13. The second kappa shape index (κ2) is 5.46. The van der Waals surface area contributed by atoms with Crippen molar-refractivity contribution in [2.24, 2.45) is 0 Å². The topological polar surface area (TPSA) is 41.6 Å². The number of anilines is 1. The fraction of sp³-hybridized carbons (Fsp3) is 0.214. The van der Waals surface area contributed by atoms with E-state index in [1.807, 2.05) is 24.3 Å². The van der Waals surface area contributed by atoms with E-state index in [1.54, 1.807) is 18.4 Å². The standard InChI is InChI=1S/C14H13BrN2O2S/c1-19-10-4-2-3-9(5-10)7-17-8-16-13(18)11-6-12(15)20-14(11)17/h2-6H,7-8H2,1H3,(H,16,18). The summed E-state index contributed by atoms with van der Waals surface area (Å²) < 4.78 is 6.21. The number of rotatable bonds is 3. The van der Waals surface area contributed by atoms with Crippen molar-refractivity contribution in [1.29, 1.82) is 0 Å². The van der Waals surface area contributed by atoms with Gasteiger partial charge in [0.15, 0.2) is 0 Å². The SMILES string of the molecule is COc1cccc(CN2CNC(=O)c3cc(Br)sc32)c1. The van der Waals surface area contributed by atoms with E-state index in [9.17, 15) is 4.79 Å². The summed E-state index contributed by atoms with van der Waals surface area (Å²) in [5.41, 5.74) is 1.88. The van der Waals surface area contributed by atoms with Gasteiger partial charge in [-0.3, -0.25) is 4.79 Å². The number of halogens is 1. The van der Waals surface area contributed by atoms with E-state index in [0.717, 1.165) is 32.2 Å². The zero-order valence-electron chi connectivity index (χ0n) is 10.9. The molecule has 4 nitrogen and oxygen atoms in total. The molecule has 1 N–H and O–H groups in total. The molecule has 3 rings (SSSR count). The minimum absolute atomic E-state index is 0.0103. The van der Waals surface area contributed by atoms with Crippen molar-refractivity contribution in [3.8, 4) is 5.75 Å². The molecule has 0 bridgehead atoms. The van der Waals surface area contributed by atoms with E-state index in [4.69, 9.17) is 4.74 Å². The largest absolute Gasteiger partial charge is 0.497 e. The van der Waals surface area contributed by atoms with Crippen LogP contribution in [0.1, 0.15) is 15.9 Å². The zero-order chi connectivity index (χ0) is 14.1. The molecule has 1 aliphatic heterocycles. The molecule has 0 radical (unpaired) electrons. The molecule has 2 heterocycles. The van der Waals surface area contributed by atoms with Gasteiger partial charge in [-0.05, 0) is 39.7 Å². The molecule has 0 saturated carbocycles. The highest BCUT2D eigenvalue weighted by Gasteiger charge is 2.25. The first-order chi connectivity index (χ1) is 9.67. The number of benzene rings is 1. The van der Waals surface area contributed by atoms with Crippen LogP contribution in [0.3, 0.4) is 0 Å². The maximum Gasteiger partial charge on any atom is 0.255 e.